The number of nitrogens with zero attached hydrogens (tertiary/aromatic N) is 2. The van der Waals surface area contributed by atoms with Crippen LogP contribution in [0.15, 0.2) is 29.4 Å². The van der Waals surface area contributed by atoms with Crippen LogP contribution in [-0.2, 0) is 0 Å². The number of carbonyl (C=O) groups excluding carboxylic acids is 1. The van der Waals surface area contributed by atoms with Gasteiger partial charge in [0.05, 0.1) is 16.8 Å². The van der Waals surface area contributed by atoms with Gasteiger partial charge < -0.3 is 0 Å². The molecule has 110 valence electrons. The average Bonchev–Trinajstić information content (AvgIpc) is 2.80. The third-order valence-corrected chi connectivity index (χ3v) is 4.26. The Morgan fingerprint density at radius 3 is 2.52 bits per heavy atom. The van der Waals surface area contributed by atoms with Gasteiger partial charge in [0.25, 0.3) is 0 Å². The molecule has 0 atom stereocenters. The van der Waals surface area contributed by atoms with Crippen LogP contribution in [0.3, 0.4) is 0 Å². The van der Waals surface area contributed by atoms with Crippen LogP contribution in [0.4, 0.5) is 5.13 Å². The van der Waals surface area contributed by atoms with Crippen molar-refractivity contribution in [1.29, 1.82) is 0 Å². The topological polar surface area (TPSA) is 54.4 Å². The first kappa shape index (κ1) is 15.4. The Bertz CT molecular complexity index is 657. The van der Waals surface area contributed by atoms with Crippen molar-refractivity contribution < 1.29 is 4.79 Å². The van der Waals surface area contributed by atoms with Crippen LogP contribution in [-0.4, -0.2) is 17.0 Å². The van der Waals surface area contributed by atoms with E-state index in [0.29, 0.717) is 15.9 Å². The summed E-state index contributed by atoms with van der Waals surface area (Å²) >= 11 is 1.32. The van der Waals surface area contributed by atoms with Gasteiger partial charge in [-0.2, -0.15) is 5.10 Å². The van der Waals surface area contributed by atoms with Gasteiger partial charge in [0.2, 0.25) is 5.13 Å². The fourth-order valence-corrected chi connectivity index (χ4v) is 2.71. The SMILES string of the molecule is CC(=O)c1sc(NN=Cc2ccc(C(C)C)cc2)nc1C. The summed E-state index contributed by atoms with van der Waals surface area (Å²) in [6.07, 6.45) is 1.74. The standard InChI is InChI=1S/C16H19N3OS/c1-10(2)14-7-5-13(6-8-14)9-17-19-16-18-11(3)15(21-16)12(4)20/h5-10H,1-4H3,(H,18,19). The summed E-state index contributed by atoms with van der Waals surface area (Å²) < 4.78 is 0. The zero-order valence-electron chi connectivity index (χ0n) is 12.7. The van der Waals surface area contributed by atoms with Crippen molar-refractivity contribution in [1.82, 2.24) is 4.98 Å². The number of aryl methyl sites for hydroxylation is 1. The molecule has 1 aromatic heterocycles. The number of anilines is 1. The Hall–Kier alpha value is -2.01. The minimum absolute atomic E-state index is 0.0336. The van der Waals surface area contributed by atoms with E-state index in [4.69, 9.17) is 0 Å². The van der Waals surface area contributed by atoms with Gasteiger partial charge in [-0.1, -0.05) is 49.4 Å². The van der Waals surface area contributed by atoms with Gasteiger partial charge in [0, 0.05) is 6.92 Å². The molecule has 21 heavy (non-hydrogen) atoms. The van der Waals surface area contributed by atoms with Crippen molar-refractivity contribution in [2.24, 2.45) is 5.10 Å². The Balaban J connectivity index is 2.02. The third kappa shape index (κ3) is 3.98. The van der Waals surface area contributed by atoms with Crippen molar-refractivity contribution in [3.63, 3.8) is 0 Å². The van der Waals surface area contributed by atoms with Crippen LogP contribution in [0, 0.1) is 6.92 Å². The summed E-state index contributed by atoms with van der Waals surface area (Å²) in [4.78, 5) is 16.3. The van der Waals surface area contributed by atoms with E-state index in [9.17, 15) is 4.79 Å². The lowest BCUT2D eigenvalue weighted by atomic mass is 10.0. The highest BCUT2D eigenvalue weighted by atomic mass is 32.1. The van der Waals surface area contributed by atoms with Gasteiger partial charge in [-0.25, -0.2) is 4.98 Å². The number of ketones is 1. The Labute approximate surface area is 128 Å². The maximum atomic E-state index is 11.4. The van der Waals surface area contributed by atoms with E-state index in [2.05, 4.69) is 41.5 Å². The normalized spacial score (nSPS) is 11.3. The van der Waals surface area contributed by atoms with Crippen LogP contribution in [0.25, 0.3) is 0 Å². The quantitative estimate of drug-likeness (QED) is 0.511. The number of rotatable bonds is 5. The van der Waals surface area contributed by atoms with Crippen LogP contribution in [0.1, 0.15) is 53.2 Å². The Kier molecular flexibility index (Phi) is 4.85. The molecule has 0 aliphatic heterocycles. The molecular formula is C16H19N3OS. The molecular weight excluding hydrogens is 282 g/mol. The van der Waals surface area contributed by atoms with E-state index < -0.39 is 0 Å². The van der Waals surface area contributed by atoms with Crippen molar-refractivity contribution >= 4 is 28.5 Å². The summed E-state index contributed by atoms with van der Waals surface area (Å²) in [5.41, 5.74) is 5.94. The smallest absolute Gasteiger partial charge is 0.204 e. The lowest BCUT2D eigenvalue weighted by Crippen LogP contribution is -1.91. The van der Waals surface area contributed by atoms with Crippen LogP contribution < -0.4 is 5.43 Å². The van der Waals surface area contributed by atoms with Gasteiger partial charge in [0.15, 0.2) is 5.78 Å². The van der Waals surface area contributed by atoms with Gasteiger partial charge >= 0.3 is 0 Å². The maximum Gasteiger partial charge on any atom is 0.204 e. The summed E-state index contributed by atoms with van der Waals surface area (Å²) in [6.45, 7) is 7.71. The highest BCUT2D eigenvalue weighted by Crippen LogP contribution is 2.22. The van der Waals surface area contributed by atoms with E-state index in [0.717, 1.165) is 11.3 Å². The lowest BCUT2D eigenvalue weighted by Gasteiger charge is -2.04. The van der Waals surface area contributed by atoms with Crippen LogP contribution in [0.5, 0.6) is 0 Å². The predicted molar refractivity (Wildman–Crippen MR) is 88.6 cm³/mol. The largest absolute Gasteiger partial charge is 0.294 e. The second-order valence-corrected chi connectivity index (χ2v) is 6.18. The van der Waals surface area contributed by atoms with Crippen LogP contribution >= 0.6 is 11.3 Å². The molecule has 2 aromatic rings. The molecule has 0 aliphatic rings. The number of hydrogen-bond donors (Lipinski definition) is 1. The first-order valence-corrected chi connectivity index (χ1v) is 7.66. The molecule has 1 N–H and O–H groups in total. The Morgan fingerprint density at radius 2 is 2.00 bits per heavy atom. The fraction of sp³-hybridized carbons (Fsp3) is 0.312. The molecule has 4 nitrogen and oxygen atoms in total. The number of hydrogen-bond acceptors (Lipinski definition) is 5. The monoisotopic (exact) mass is 301 g/mol. The van der Waals surface area contributed by atoms with E-state index in [1.807, 2.05) is 19.1 Å². The lowest BCUT2D eigenvalue weighted by molar-refractivity contribution is 0.102. The van der Waals surface area contributed by atoms with Crippen molar-refractivity contribution in [2.45, 2.75) is 33.6 Å². The van der Waals surface area contributed by atoms with E-state index in [1.54, 1.807) is 13.1 Å². The highest BCUT2D eigenvalue weighted by molar-refractivity contribution is 7.17. The second kappa shape index (κ2) is 6.63. The van der Waals surface area contributed by atoms with Crippen molar-refractivity contribution in [2.75, 3.05) is 5.43 Å². The molecule has 0 fully saturated rings. The zero-order valence-corrected chi connectivity index (χ0v) is 13.5. The van der Waals surface area contributed by atoms with Gasteiger partial charge in [-0.05, 0) is 24.0 Å². The van der Waals surface area contributed by atoms with Gasteiger partial charge in [-0.15, -0.1) is 0 Å². The van der Waals surface area contributed by atoms with E-state index in [-0.39, 0.29) is 5.78 Å². The molecule has 5 heteroatoms. The fourth-order valence-electron chi connectivity index (χ4n) is 1.90. The molecule has 1 heterocycles. The average molecular weight is 301 g/mol. The zero-order chi connectivity index (χ0) is 15.4. The number of aromatic nitrogens is 1. The number of carbonyl (C=O) groups is 1. The molecule has 0 spiro atoms. The number of nitrogens with one attached hydrogen (secondary N) is 1. The first-order chi connectivity index (χ1) is 9.97. The summed E-state index contributed by atoms with van der Waals surface area (Å²) in [7, 11) is 0. The summed E-state index contributed by atoms with van der Waals surface area (Å²) in [5, 5.41) is 4.79. The number of thiazole rings is 1. The molecule has 0 radical (unpaired) electrons. The minimum Gasteiger partial charge on any atom is -0.294 e. The van der Waals surface area contributed by atoms with Gasteiger partial charge in [-0.3, -0.25) is 10.2 Å². The predicted octanol–water partition coefficient (Wildman–Crippen LogP) is 4.22. The third-order valence-electron chi connectivity index (χ3n) is 3.09. The maximum absolute atomic E-state index is 11.4. The molecule has 0 saturated carbocycles. The molecule has 0 unspecified atom stereocenters. The first-order valence-electron chi connectivity index (χ1n) is 6.84. The van der Waals surface area contributed by atoms with Gasteiger partial charge in [0.1, 0.15) is 0 Å². The molecule has 1 aromatic carbocycles. The van der Waals surface area contributed by atoms with Crippen LogP contribution in [0.2, 0.25) is 0 Å². The molecule has 0 saturated heterocycles. The summed E-state index contributed by atoms with van der Waals surface area (Å²) in [6, 6.07) is 8.28. The molecule has 0 aliphatic carbocycles. The second-order valence-electron chi connectivity index (χ2n) is 5.18. The van der Waals surface area contributed by atoms with E-state index in [1.165, 1.54) is 16.9 Å². The summed E-state index contributed by atoms with van der Waals surface area (Å²) in [5.74, 6) is 0.559. The molecule has 0 amide bonds. The molecule has 2 rings (SSSR count). The van der Waals surface area contributed by atoms with Crippen molar-refractivity contribution in [3.8, 4) is 0 Å². The number of hydrazone groups is 1. The van der Waals surface area contributed by atoms with Crippen molar-refractivity contribution in [3.05, 3.63) is 46.0 Å². The minimum atomic E-state index is 0.0336. The Morgan fingerprint density at radius 1 is 1.33 bits per heavy atom. The molecule has 0 bridgehead atoms. The highest BCUT2D eigenvalue weighted by Gasteiger charge is 2.10. The number of benzene rings is 1. The van der Waals surface area contributed by atoms with E-state index >= 15 is 0 Å². The number of Topliss-reactive ketones (excluding diaryl/α,β-unsaturated/α-hetero) is 1.